The molecule has 4 heteroatoms. The van der Waals surface area contributed by atoms with Gasteiger partial charge in [-0.2, -0.15) is 0 Å². The van der Waals surface area contributed by atoms with Crippen LogP contribution in [0.2, 0.25) is 0 Å². The van der Waals surface area contributed by atoms with E-state index < -0.39 is 0 Å². The lowest BCUT2D eigenvalue weighted by molar-refractivity contribution is -0.109. The second-order valence-electron chi connectivity index (χ2n) is 2.77. The van der Waals surface area contributed by atoms with E-state index in [0.717, 1.165) is 6.29 Å². The highest BCUT2D eigenvalue weighted by molar-refractivity contribution is 6.18. The molecule has 1 atom stereocenters. The number of aldehydes is 1. The zero-order chi connectivity index (χ0) is 9.68. The van der Waals surface area contributed by atoms with Crippen LogP contribution < -0.4 is 5.32 Å². The molecule has 1 N–H and O–H groups in total. The van der Waals surface area contributed by atoms with Gasteiger partial charge in [-0.3, -0.25) is 9.59 Å². The van der Waals surface area contributed by atoms with Crippen molar-refractivity contribution in [2.45, 2.75) is 6.42 Å². The highest BCUT2D eigenvalue weighted by Crippen LogP contribution is 2.22. The summed E-state index contributed by atoms with van der Waals surface area (Å²) in [7, 11) is 0. The molecule has 0 bridgehead atoms. The summed E-state index contributed by atoms with van der Waals surface area (Å²) in [5, 5.41) is 2.50. The first-order valence-electron chi connectivity index (χ1n) is 3.95. The smallest absolute Gasteiger partial charge is 0.211 e. The van der Waals surface area contributed by atoms with E-state index in [1.54, 1.807) is 6.08 Å². The van der Waals surface area contributed by atoms with Gasteiger partial charge in [-0.05, 0) is 18.1 Å². The summed E-state index contributed by atoms with van der Waals surface area (Å²) in [5.74, 6) is 0.506. The van der Waals surface area contributed by atoms with Crippen molar-refractivity contribution in [3.05, 3.63) is 23.4 Å². The van der Waals surface area contributed by atoms with E-state index in [4.69, 9.17) is 11.6 Å². The summed E-state index contributed by atoms with van der Waals surface area (Å²) in [6, 6.07) is 0. The second-order valence-corrected chi connectivity index (χ2v) is 3.08. The summed E-state index contributed by atoms with van der Waals surface area (Å²) in [6.07, 6.45) is 5.58. The van der Waals surface area contributed by atoms with Crippen LogP contribution in [0.3, 0.4) is 0 Å². The summed E-state index contributed by atoms with van der Waals surface area (Å²) in [4.78, 5) is 20.7. The fourth-order valence-corrected chi connectivity index (χ4v) is 1.52. The van der Waals surface area contributed by atoms with Crippen LogP contribution in [-0.4, -0.2) is 18.6 Å². The molecule has 70 valence electrons. The van der Waals surface area contributed by atoms with E-state index in [9.17, 15) is 9.59 Å². The zero-order valence-corrected chi connectivity index (χ0v) is 7.75. The molecule has 0 heterocycles. The molecule has 0 aromatic carbocycles. The molecule has 0 spiro atoms. The van der Waals surface area contributed by atoms with E-state index in [0.29, 0.717) is 30.0 Å². The van der Waals surface area contributed by atoms with Gasteiger partial charge in [0.05, 0.1) is 0 Å². The van der Waals surface area contributed by atoms with Gasteiger partial charge in [0.2, 0.25) is 6.41 Å². The highest BCUT2D eigenvalue weighted by atomic mass is 35.5. The molecule has 0 fully saturated rings. The standard InChI is InChI=1S/C9H10ClNO2/c10-4-7-1-2-9(11-6-13)3-8(7)5-12/h2-3,5-7H,1,4H2,(H,11,13). The molecule has 13 heavy (non-hydrogen) atoms. The fourth-order valence-electron chi connectivity index (χ4n) is 1.21. The number of rotatable bonds is 4. The first kappa shape index (κ1) is 9.99. The number of carbonyl (C=O) groups is 2. The van der Waals surface area contributed by atoms with Crippen molar-refractivity contribution in [1.29, 1.82) is 0 Å². The van der Waals surface area contributed by atoms with Crippen molar-refractivity contribution in [2.24, 2.45) is 5.92 Å². The molecular weight excluding hydrogens is 190 g/mol. The predicted molar refractivity (Wildman–Crippen MR) is 50.3 cm³/mol. The minimum Gasteiger partial charge on any atom is -0.329 e. The third-order valence-electron chi connectivity index (χ3n) is 1.96. The lowest BCUT2D eigenvalue weighted by atomic mass is 9.93. The number of halogens is 1. The Balaban J connectivity index is 2.76. The van der Waals surface area contributed by atoms with E-state index in [-0.39, 0.29) is 5.92 Å². The minimum atomic E-state index is 0.0800. The largest absolute Gasteiger partial charge is 0.329 e. The second kappa shape index (κ2) is 4.82. The van der Waals surface area contributed by atoms with Crippen LogP contribution >= 0.6 is 11.6 Å². The fraction of sp³-hybridized carbons (Fsp3) is 0.333. The van der Waals surface area contributed by atoms with Crippen molar-refractivity contribution in [3.63, 3.8) is 0 Å². The van der Waals surface area contributed by atoms with Crippen LogP contribution in [0, 0.1) is 5.92 Å². The average Bonchev–Trinajstić information content (AvgIpc) is 2.18. The maximum Gasteiger partial charge on any atom is 0.211 e. The Kier molecular flexibility index (Phi) is 3.71. The van der Waals surface area contributed by atoms with Gasteiger partial charge in [-0.1, -0.05) is 6.08 Å². The number of hydrogen-bond donors (Lipinski definition) is 1. The average molecular weight is 200 g/mol. The topological polar surface area (TPSA) is 46.2 Å². The van der Waals surface area contributed by atoms with Crippen LogP contribution in [-0.2, 0) is 9.59 Å². The summed E-state index contributed by atoms with van der Waals surface area (Å²) in [5.41, 5.74) is 1.31. The lowest BCUT2D eigenvalue weighted by Gasteiger charge is -2.17. The molecule has 1 amide bonds. The Labute approximate surface area is 81.4 Å². The summed E-state index contributed by atoms with van der Waals surface area (Å²) >= 11 is 5.66. The van der Waals surface area contributed by atoms with Gasteiger partial charge in [0.15, 0.2) is 0 Å². The molecule has 0 aromatic heterocycles. The Bertz CT molecular complexity index is 271. The van der Waals surface area contributed by atoms with Crippen LogP contribution in [0.25, 0.3) is 0 Å². The van der Waals surface area contributed by atoms with Gasteiger partial charge < -0.3 is 5.32 Å². The van der Waals surface area contributed by atoms with Crippen molar-refractivity contribution < 1.29 is 9.59 Å². The molecule has 1 aliphatic carbocycles. The first-order valence-corrected chi connectivity index (χ1v) is 4.48. The van der Waals surface area contributed by atoms with Crippen LogP contribution in [0.4, 0.5) is 0 Å². The minimum absolute atomic E-state index is 0.0800. The summed E-state index contributed by atoms with van der Waals surface area (Å²) < 4.78 is 0. The molecule has 1 aliphatic rings. The lowest BCUT2D eigenvalue weighted by Crippen LogP contribution is -2.17. The van der Waals surface area contributed by atoms with Gasteiger partial charge in [0, 0.05) is 17.5 Å². The van der Waals surface area contributed by atoms with Crippen molar-refractivity contribution >= 4 is 24.3 Å². The highest BCUT2D eigenvalue weighted by Gasteiger charge is 2.16. The van der Waals surface area contributed by atoms with Crippen LogP contribution in [0.5, 0.6) is 0 Å². The van der Waals surface area contributed by atoms with Gasteiger partial charge in [0.25, 0.3) is 0 Å². The third kappa shape index (κ3) is 2.42. The molecule has 0 aromatic rings. The van der Waals surface area contributed by atoms with E-state index in [1.807, 2.05) is 6.08 Å². The van der Waals surface area contributed by atoms with Crippen LogP contribution in [0.15, 0.2) is 23.4 Å². The first-order chi connectivity index (χ1) is 6.31. The molecule has 3 nitrogen and oxygen atoms in total. The van der Waals surface area contributed by atoms with Crippen LogP contribution in [0.1, 0.15) is 6.42 Å². The number of amides is 1. The Hall–Kier alpha value is -1.09. The molecule has 0 radical (unpaired) electrons. The Morgan fingerprint density at radius 2 is 2.38 bits per heavy atom. The summed E-state index contributed by atoms with van der Waals surface area (Å²) in [6.45, 7) is 0. The van der Waals surface area contributed by atoms with Crippen molar-refractivity contribution in [1.82, 2.24) is 5.32 Å². The maximum absolute atomic E-state index is 10.6. The number of hydrogen-bond acceptors (Lipinski definition) is 2. The van der Waals surface area contributed by atoms with Gasteiger partial charge in [-0.25, -0.2) is 0 Å². The third-order valence-corrected chi connectivity index (χ3v) is 2.34. The molecule has 1 rings (SSSR count). The SMILES string of the molecule is O=CNC1=CCC(CCl)C(C=O)=C1. The number of allylic oxidation sites excluding steroid dienone is 3. The molecule has 0 saturated carbocycles. The van der Waals surface area contributed by atoms with Crippen molar-refractivity contribution in [2.75, 3.05) is 5.88 Å². The van der Waals surface area contributed by atoms with E-state index in [1.165, 1.54) is 0 Å². The van der Waals surface area contributed by atoms with Gasteiger partial charge in [-0.15, -0.1) is 11.6 Å². The van der Waals surface area contributed by atoms with Gasteiger partial charge >= 0.3 is 0 Å². The monoisotopic (exact) mass is 199 g/mol. The predicted octanol–water partition coefficient (Wildman–Crippen LogP) is 1.00. The maximum atomic E-state index is 10.6. The number of nitrogens with one attached hydrogen (secondary N) is 1. The molecular formula is C9H10ClNO2. The normalized spacial score (nSPS) is 21.5. The van der Waals surface area contributed by atoms with E-state index in [2.05, 4.69) is 5.32 Å². The molecule has 0 saturated heterocycles. The Morgan fingerprint density at radius 3 is 2.92 bits per heavy atom. The van der Waals surface area contributed by atoms with Crippen molar-refractivity contribution in [3.8, 4) is 0 Å². The number of alkyl halides is 1. The Morgan fingerprint density at radius 1 is 1.62 bits per heavy atom. The van der Waals surface area contributed by atoms with E-state index >= 15 is 0 Å². The molecule has 1 unspecified atom stereocenters. The quantitative estimate of drug-likeness (QED) is 0.543. The molecule has 0 aliphatic heterocycles. The number of carbonyl (C=O) groups excluding carboxylic acids is 2. The van der Waals surface area contributed by atoms with Gasteiger partial charge in [0.1, 0.15) is 6.29 Å². The zero-order valence-electron chi connectivity index (χ0n) is 7.00.